The van der Waals surface area contributed by atoms with E-state index in [1.165, 1.54) is 16.3 Å². The number of carboxylic acids is 1. The van der Waals surface area contributed by atoms with Crippen LogP contribution in [0.3, 0.4) is 0 Å². The number of carbonyl (C=O) groups is 3. The number of fused-ring (bicyclic) bond motifs is 1. The summed E-state index contributed by atoms with van der Waals surface area (Å²) in [6.45, 7) is 5.72. The van der Waals surface area contributed by atoms with Gasteiger partial charge in [0.05, 0.1) is 6.10 Å². The molecule has 1 amide bonds. The Bertz CT molecular complexity index is 1300. The van der Waals surface area contributed by atoms with Crippen molar-refractivity contribution in [1.29, 1.82) is 0 Å². The van der Waals surface area contributed by atoms with E-state index in [2.05, 4.69) is 60.0 Å². The van der Waals surface area contributed by atoms with Crippen LogP contribution in [0.5, 0.6) is 0 Å². The molecule has 0 saturated heterocycles. The number of ether oxygens (including phenoxy) is 1. The van der Waals surface area contributed by atoms with Gasteiger partial charge in [-0.05, 0) is 79.5 Å². The molecule has 0 aliphatic heterocycles. The molecule has 4 unspecified atom stereocenters. The largest absolute Gasteiger partial charge is 0.479 e. The average Bonchev–Trinajstić information content (AvgIpc) is 2.95. The smallest absolute Gasteiger partial charge is 0.340 e. The molecule has 1 fully saturated rings. The summed E-state index contributed by atoms with van der Waals surface area (Å²) in [5.41, 5.74) is 2.76. The van der Waals surface area contributed by atoms with E-state index < -0.39 is 30.0 Å². The van der Waals surface area contributed by atoms with Crippen LogP contribution in [0.2, 0.25) is 0 Å². The van der Waals surface area contributed by atoms with Crippen LogP contribution in [0, 0.1) is 0 Å². The zero-order chi connectivity index (χ0) is 27.9. The van der Waals surface area contributed by atoms with Crippen LogP contribution >= 0.6 is 0 Å². The predicted molar refractivity (Wildman–Crippen MR) is 152 cm³/mol. The van der Waals surface area contributed by atoms with Gasteiger partial charge in [-0.1, -0.05) is 67.9 Å². The van der Waals surface area contributed by atoms with E-state index in [0.717, 1.165) is 31.2 Å². The Morgan fingerprint density at radius 2 is 1.69 bits per heavy atom. The minimum absolute atomic E-state index is 0.222. The molecule has 0 radical (unpaired) electrons. The molecule has 0 bridgehead atoms. The van der Waals surface area contributed by atoms with E-state index in [4.69, 9.17) is 4.74 Å². The lowest BCUT2D eigenvalue weighted by molar-refractivity contribution is -0.158. The number of hydrogen-bond acceptors (Lipinski definition) is 5. The van der Waals surface area contributed by atoms with E-state index in [1.807, 2.05) is 19.1 Å². The van der Waals surface area contributed by atoms with Crippen LogP contribution in [0.4, 0.5) is 0 Å². The molecule has 0 spiro atoms. The predicted octanol–water partition coefficient (Wildman–Crippen LogP) is 5.74. The van der Waals surface area contributed by atoms with Crippen LogP contribution < -0.4 is 10.6 Å². The van der Waals surface area contributed by atoms with Gasteiger partial charge in [0.2, 0.25) is 6.04 Å². The first-order chi connectivity index (χ1) is 18.8. The summed E-state index contributed by atoms with van der Waals surface area (Å²) in [4.78, 5) is 36.5. The van der Waals surface area contributed by atoms with Crippen molar-refractivity contribution in [2.75, 3.05) is 0 Å². The number of rotatable bonds is 10. The summed E-state index contributed by atoms with van der Waals surface area (Å²) in [6, 6.07) is 21.0. The van der Waals surface area contributed by atoms with Crippen molar-refractivity contribution in [2.24, 2.45) is 0 Å². The Kier molecular flexibility index (Phi) is 9.36. The monoisotopic (exact) mass is 530 g/mol. The maximum Gasteiger partial charge on any atom is 0.340 e. The highest BCUT2D eigenvalue weighted by Gasteiger charge is 2.31. The lowest BCUT2D eigenvalue weighted by atomic mass is 9.80. The topological polar surface area (TPSA) is 105 Å². The molecule has 206 valence electrons. The molecule has 0 aromatic heterocycles. The third kappa shape index (κ3) is 7.03. The van der Waals surface area contributed by atoms with Crippen LogP contribution in [0.25, 0.3) is 10.8 Å². The van der Waals surface area contributed by atoms with Crippen molar-refractivity contribution in [3.8, 4) is 0 Å². The van der Waals surface area contributed by atoms with Gasteiger partial charge in [0.1, 0.15) is 0 Å². The number of benzene rings is 3. The molecule has 1 aliphatic carbocycles. The van der Waals surface area contributed by atoms with Gasteiger partial charge in [0.25, 0.3) is 5.91 Å². The SMILES string of the molecule is CCC(C)OC(=O)C(NC(=O)c1ccc(C2CCCC(N[C@H](C)c3cccc4ccccc34)C2)cc1)C(=O)O. The number of esters is 1. The molecule has 3 N–H and O–H groups in total. The molecule has 39 heavy (non-hydrogen) atoms. The Hall–Kier alpha value is -3.71. The first-order valence-corrected chi connectivity index (χ1v) is 13.8. The highest BCUT2D eigenvalue weighted by atomic mass is 16.5. The highest BCUT2D eigenvalue weighted by molar-refractivity contribution is 6.05. The van der Waals surface area contributed by atoms with Gasteiger partial charge < -0.3 is 20.5 Å². The van der Waals surface area contributed by atoms with Crippen molar-refractivity contribution in [3.63, 3.8) is 0 Å². The van der Waals surface area contributed by atoms with E-state index in [-0.39, 0.29) is 6.04 Å². The number of hydrogen-bond donors (Lipinski definition) is 3. The van der Waals surface area contributed by atoms with Gasteiger partial charge in [-0.3, -0.25) is 4.79 Å². The summed E-state index contributed by atoms with van der Waals surface area (Å²) in [6.07, 6.45) is 4.44. The van der Waals surface area contributed by atoms with Gasteiger partial charge in [-0.2, -0.15) is 0 Å². The summed E-state index contributed by atoms with van der Waals surface area (Å²) in [5.74, 6) is -2.68. The molecular weight excluding hydrogens is 492 g/mol. The number of nitrogens with one attached hydrogen (secondary N) is 2. The Balaban J connectivity index is 1.38. The Labute approximate surface area is 229 Å². The average molecular weight is 531 g/mol. The standard InChI is InChI=1S/C32H38N2O5/c1-4-20(2)39-32(38)29(31(36)37)34-30(35)24-17-15-22(16-18-24)25-11-7-12-26(19-25)33-21(3)27-14-8-10-23-9-5-6-13-28(23)27/h5-6,8-10,13-18,20-21,25-26,29,33H,4,7,11-12,19H2,1-3H3,(H,34,35)(H,36,37)/t20?,21-,25?,26?,29?/m1/s1. The van der Waals surface area contributed by atoms with Crippen molar-refractivity contribution >= 4 is 28.6 Å². The normalized spacial score (nSPS) is 19.6. The van der Waals surface area contributed by atoms with E-state index in [9.17, 15) is 19.5 Å². The zero-order valence-corrected chi connectivity index (χ0v) is 22.9. The lowest BCUT2D eigenvalue weighted by Gasteiger charge is -2.32. The number of aliphatic carboxylic acids is 1. The van der Waals surface area contributed by atoms with Gasteiger partial charge in [-0.25, -0.2) is 9.59 Å². The number of carboxylic acid groups (broad SMARTS) is 1. The third-order valence-electron chi connectivity index (χ3n) is 7.74. The quantitative estimate of drug-likeness (QED) is 0.228. The molecule has 0 heterocycles. The van der Waals surface area contributed by atoms with E-state index >= 15 is 0 Å². The van der Waals surface area contributed by atoms with Crippen LogP contribution in [-0.4, -0.2) is 41.1 Å². The molecular formula is C32H38N2O5. The summed E-state index contributed by atoms with van der Waals surface area (Å²) < 4.78 is 5.10. The van der Waals surface area contributed by atoms with Crippen LogP contribution in [-0.2, 0) is 14.3 Å². The van der Waals surface area contributed by atoms with Crippen molar-refractivity contribution < 1.29 is 24.2 Å². The van der Waals surface area contributed by atoms with Crippen molar-refractivity contribution in [1.82, 2.24) is 10.6 Å². The highest BCUT2D eigenvalue weighted by Crippen LogP contribution is 2.34. The third-order valence-corrected chi connectivity index (χ3v) is 7.74. The summed E-state index contributed by atoms with van der Waals surface area (Å²) in [5, 5.41) is 18.1. The first-order valence-electron chi connectivity index (χ1n) is 13.8. The Morgan fingerprint density at radius 1 is 0.974 bits per heavy atom. The van der Waals surface area contributed by atoms with Crippen LogP contribution in [0.15, 0.2) is 66.7 Å². The maximum atomic E-state index is 12.7. The Morgan fingerprint density at radius 3 is 2.41 bits per heavy atom. The number of amides is 1. The molecule has 7 nitrogen and oxygen atoms in total. The molecule has 4 rings (SSSR count). The van der Waals surface area contributed by atoms with E-state index in [1.54, 1.807) is 19.1 Å². The second-order valence-electron chi connectivity index (χ2n) is 10.5. The molecule has 3 aromatic carbocycles. The molecule has 1 saturated carbocycles. The fourth-order valence-electron chi connectivity index (χ4n) is 5.41. The van der Waals surface area contributed by atoms with Crippen LogP contribution in [0.1, 0.15) is 86.3 Å². The second kappa shape index (κ2) is 12.9. The molecule has 1 aliphatic rings. The van der Waals surface area contributed by atoms with Gasteiger partial charge in [0, 0.05) is 17.6 Å². The maximum absolute atomic E-state index is 12.7. The van der Waals surface area contributed by atoms with Gasteiger partial charge in [0.15, 0.2) is 0 Å². The number of carbonyl (C=O) groups excluding carboxylic acids is 2. The molecule has 7 heteroatoms. The second-order valence-corrected chi connectivity index (χ2v) is 10.5. The van der Waals surface area contributed by atoms with Crippen molar-refractivity contribution in [2.45, 2.75) is 83.0 Å². The molecule has 5 atom stereocenters. The fraction of sp³-hybridized carbons (Fsp3) is 0.406. The minimum Gasteiger partial charge on any atom is -0.479 e. The summed E-state index contributed by atoms with van der Waals surface area (Å²) in [7, 11) is 0. The minimum atomic E-state index is -1.75. The zero-order valence-electron chi connectivity index (χ0n) is 22.9. The molecule has 3 aromatic rings. The van der Waals surface area contributed by atoms with Gasteiger partial charge in [-0.15, -0.1) is 0 Å². The van der Waals surface area contributed by atoms with Crippen molar-refractivity contribution in [3.05, 3.63) is 83.4 Å². The van der Waals surface area contributed by atoms with Gasteiger partial charge >= 0.3 is 11.9 Å². The summed E-state index contributed by atoms with van der Waals surface area (Å²) >= 11 is 0. The first kappa shape index (κ1) is 28.3. The van der Waals surface area contributed by atoms with E-state index in [0.29, 0.717) is 23.9 Å². The fourth-order valence-corrected chi connectivity index (χ4v) is 5.41. The lowest BCUT2D eigenvalue weighted by Crippen LogP contribution is -2.48.